The van der Waals surface area contributed by atoms with Gasteiger partial charge >= 0.3 is 0 Å². The number of carbonyl (C=O) groups is 5. The molecule has 0 spiro atoms. The second kappa shape index (κ2) is 10.5. The molecular formula is C23H30N4O7. The predicted molar refractivity (Wildman–Crippen MR) is 120 cm³/mol. The Hall–Kier alpha value is -3.63. The Morgan fingerprint density at radius 1 is 1.15 bits per heavy atom. The van der Waals surface area contributed by atoms with Gasteiger partial charge in [0.15, 0.2) is 11.5 Å². The number of hydrogen-bond donors (Lipinski definition) is 3. The third-order valence-electron chi connectivity index (χ3n) is 6.26. The highest BCUT2D eigenvalue weighted by Gasteiger charge is 2.48. The summed E-state index contributed by atoms with van der Waals surface area (Å²) < 4.78 is 10.4. The predicted octanol–water partition coefficient (Wildman–Crippen LogP) is -0.335. The van der Waals surface area contributed by atoms with E-state index >= 15 is 0 Å². The average Bonchev–Trinajstić information content (AvgIpc) is 3.46. The van der Waals surface area contributed by atoms with E-state index in [2.05, 4.69) is 16.0 Å². The maximum absolute atomic E-state index is 13.0. The lowest BCUT2D eigenvalue weighted by Gasteiger charge is -2.33. The highest BCUT2D eigenvalue weighted by atomic mass is 16.5. The molecule has 1 unspecified atom stereocenters. The molecule has 2 saturated heterocycles. The zero-order chi connectivity index (χ0) is 24.9. The molecule has 0 bridgehead atoms. The lowest BCUT2D eigenvalue weighted by molar-refractivity contribution is -0.149. The van der Waals surface area contributed by atoms with Gasteiger partial charge in [-0.2, -0.15) is 0 Å². The minimum absolute atomic E-state index is 0.0954. The number of likely N-dealkylation sites (tertiary alicyclic amines) is 1. The molecule has 11 heteroatoms. The van der Waals surface area contributed by atoms with Crippen LogP contribution in [-0.4, -0.2) is 73.2 Å². The summed E-state index contributed by atoms with van der Waals surface area (Å²) in [5, 5.41) is 7.66. The van der Waals surface area contributed by atoms with Crippen LogP contribution in [0.5, 0.6) is 11.5 Å². The summed E-state index contributed by atoms with van der Waals surface area (Å²) in [4.78, 5) is 63.3. The zero-order valence-corrected chi connectivity index (χ0v) is 19.6. The first-order valence-corrected chi connectivity index (χ1v) is 11.1. The van der Waals surface area contributed by atoms with Gasteiger partial charge in [-0.05, 0) is 43.9 Å². The molecule has 2 aliphatic rings. The number of hydrogen-bond acceptors (Lipinski definition) is 7. The molecule has 4 amide bonds. The molecule has 3 rings (SSSR count). The third kappa shape index (κ3) is 5.29. The first-order valence-electron chi connectivity index (χ1n) is 11.1. The van der Waals surface area contributed by atoms with Crippen LogP contribution in [-0.2, 0) is 30.5 Å². The van der Waals surface area contributed by atoms with E-state index in [4.69, 9.17) is 9.47 Å². The van der Waals surface area contributed by atoms with Crippen molar-refractivity contribution in [3.8, 4) is 11.5 Å². The Labute approximate surface area is 197 Å². The Morgan fingerprint density at radius 2 is 1.88 bits per heavy atom. The van der Waals surface area contributed by atoms with E-state index in [0.717, 1.165) is 0 Å². The van der Waals surface area contributed by atoms with E-state index < -0.39 is 35.1 Å². The molecular weight excluding hydrogens is 444 g/mol. The van der Waals surface area contributed by atoms with Crippen molar-refractivity contribution in [1.29, 1.82) is 0 Å². The summed E-state index contributed by atoms with van der Waals surface area (Å²) in [5.74, 6) is -1.58. The van der Waals surface area contributed by atoms with Crippen molar-refractivity contribution in [3.05, 3.63) is 23.8 Å². The molecule has 0 radical (unpaired) electrons. The van der Waals surface area contributed by atoms with Crippen LogP contribution in [0.15, 0.2) is 18.2 Å². The van der Waals surface area contributed by atoms with Gasteiger partial charge in [-0.3, -0.25) is 24.0 Å². The van der Waals surface area contributed by atoms with Gasteiger partial charge in [0, 0.05) is 19.5 Å². The van der Waals surface area contributed by atoms with Gasteiger partial charge in [0.05, 0.1) is 20.8 Å². The fourth-order valence-electron chi connectivity index (χ4n) is 4.29. The maximum Gasteiger partial charge on any atom is 0.290 e. The molecule has 0 saturated carbocycles. The fraction of sp³-hybridized carbons (Fsp3) is 0.522. The highest BCUT2D eigenvalue weighted by Crippen LogP contribution is 2.30. The summed E-state index contributed by atoms with van der Waals surface area (Å²) in [6.45, 7) is 1.65. The second-order valence-corrected chi connectivity index (χ2v) is 8.50. The number of nitrogens with one attached hydrogen (secondary N) is 3. The number of ether oxygens (including phenoxy) is 2. The van der Waals surface area contributed by atoms with Crippen molar-refractivity contribution in [1.82, 2.24) is 20.9 Å². The van der Waals surface area contributed by atoms with Crippen LogP contribution in [0.25, 0.3) is 0 Å². The molecule has 1 aromatic carbocycles. The molecule has 2 atom stereocenters. The summed E-state index contributed by atoms with van der Waals surface area (Å²) >= 11 is 0. The Morgan fingerprint density at radius 3 is 2.53 bits per heavy atom. The van der Waals surface area contributed by atoms with Crippen LogP contribution < -0.4 is 25.4 Å². The van der Waals surface area contributed by atoms with Crippen LogP contribution in [0.4, 0.5) is 0 Å². The molecule has 3 N–H and O–H groups in total. The number of methoxy groups -OCH3 is 2. The zero-order valence-electron chi connectivity index (χ0n) is 19.6. The number of rotatable bonds is 9. The topological polar surface area (TPSA) is 143 Å². The van der Waals surface area contributed by atoms with Gasteiger partial charge in [-0.15, -0.1) is 0 Å². The molecule has 11 nitrogen and oxygen atoms in total. The largest absolute Gasteiger partial charge is 0.493 e. The van der Waals surface area contributed by atoms with Crippen LogP contribution in [0.2, 0.25) is 0 Å². The van der Waals surface area contributed by atoms with Crippen LogP contribution in [0, 0.1) is 0 Å². The van der Waals surface area contributed by atoms with Crippen molar-refractivity contribution in [3.63, 3.8) is 0 Å². The maximum atomic E-state index is 13.0. The third-order valence-corrected chi connectivity index (χ3v) is 6.26. The molecule has 184 valence electrons. The molecule has 0 aliphatic carbocycles. The Bertz CT molecular complexity index is 996. The number of carbonyl (C=O) groups excluding carboxylic acids is 5. The van der Waals surface area contributed by atoms with E-state index in [1.54, 1.807) is 25.1 Å². The summed E-state index contributed by atoms with van der Waals surface area (Å²) in [6, 6.07) is 4.49. The number of ketones is 1. The smallest absolute Gasteiger partial charge is 0.290 e. The lowest BCUT2D eigenvalue weighted by Crippen LogP contribution is -2.57. The van der Waals surface area contributed by atoms with Crippen molar-refractivity contribution in [2.24, 2.45) is 0 Å². The van der Waals surface area contributed by atoms with E-state index in [1.165, 1.54) is 19.1 Å². The van der Waals surface area contributed by atoms with Gasteiger partial charge in [0.25, 0.3) is 5.91 Å². The van der Waals surface area contributed by atoms with Crippen molar-refractivity contribution in [2.45, 2.75) is 50.7 Å². The monoisotopic (exact) mass is 474 g/mol. The van der Waals surface area contributed by atoms with Gasteiger partial charge in [-0.25, -0.2) is 0 Å². The van der Waals surface area contributed by atoms with Gasteiger partial charge in [0.1, 0.15) is 11.6 Å². The molecule has 2 aliphatic heterocycles. The first-order chi connectivity index (χ1) is 16.2. The van der Waals surface area contributed by atoms with E-state index in [0.29, 0.717) is 42.9 Å². The number of Topliss-reactive ketones (excluding diaryl/α,β-unsaturated/α-hetero) is 1. The SMILES string of the molecule is COc1ccc(CNC(=O)C(=O)[C@]2(C)CCCN2C(=O)CNC(=O)C2CCC(=O)N2)cc1OC. The normalized spacial score (nSPS) is 21.6. The van der Waals surface area contributed by atoms with Crippen molar-refractivity contribution in [2.75, 3.05) is 27.3 Å². The fourth-order valence-corrected chi connectivity index (χ4v) is 4.29. The van der Waals surface area contributed by atoms with Gasteiger partial charge in [-0.1, -0.05) is 6.07 Å². The molecule has 34 heavy (non-hydrogen) atoms. The van der Waals surface area contributed by atoms with Gasteiger partial charge in [0.2, 0.25) is 23.5 Å². The van der Waals surface area contributed by atoms with E-state index in [1.807, 2.05) is 0 Å². The lowest BCUT2D eigenvalue weighted by atomic mass is 9.92. The first kappa shape index (κ1) is 25.0. The molecule has 1 aromatic rings. The summed E-state index contributed by atoms with van der Waals surface area (Å²) in [6.07, 6.45) is 1.54. The molecule has 2 heterocycles. The van der Waals surface area contributed by atoms with E-state index in [-0.39, 0.29) is 25.4 Å². The Kier molecular flexibility index (Phi) is 7.75. The quantitative estimate of drug-likeness (QED) is 0.416. The summed E-state index contributed by atoms with van der Waals surface area (Å²) in [7, 11) is 3.02. The summed E-state index contributed by atoms with van der Waals surface area (Å²) in [5.41, 5.74) is -0.588. The van der Waals surface area contributed by atoms with Crippen LogP contribution in [0.3, 0.4) is 0 Å². The van der Waals surface area contributed by atoms with E-state index in [9.17, 15) is 24.0 Å². The molecule has 0 aromatic heterocycles. The number of amides is 4. The molecule has 2 fully saturated rings. The standard InChI is InChI=1S/C23H30N4O7/c1-23(20(30)22(32)24-12-14-5-7-16(33-2)17(11-14)34-3)9-4-10-27(23)19(29)13-25-21(31)15-6-8-18(28)26-15/h5,7,11,15H,4,6,8-10,12-13H2,1-3H3,(H,24,32)(H,25,31)(H,26,28)/t15?,23-/m0/s1. The number of benzene rings is 1. The highest BCUT2D eigenvalue weighted by molar-refractivity contribution is 6.39. The van der Waals surface area contributed by atoms with Crippen molar-refractivity contribution < 1.29 is 33.4 Å². The van der Waals surface area contributed by atoms with Crippen LogP contribution >= 0.6 is 0 Å². The van der Waals surface area contributed by atoms with Crippen LogP contribution in [0.1, 0.15) is 38.2 Å². The minimum atomic E-state index is -1.30. The Balaban J connectivity index is 1.57. The minimum Gasteiger partial charge on any atom is -0.493 e. The van der Waals surface area contributed by atoms with Gasteiger partial charge < -0.3 is 30.3 Å². The average molecular weight is 475 g/mol. The number of nitrogens with zero attached hydrogens (tertiary/aromatic N) is 1. The second-order valence-electron chi connectivity index (χ2n) is 8.50. The van der Waals surface area contributed by atoms with Crippen molar-refractivity contribution >= 4 is 29.4 Å².